The van der Waals surface area contributed by atoms with Gasteiger partial charge in [0.1, 0.15) is 0 Å². The highest BCUT2D eigenvalue weighted by Crippen LogP contribution is 2.26. The summed E-state index contributed by atoms with van der Waals surface area (Å²) in [5.74, 6) is -0.368. The number of aromatic nitrogens is 1. The number of amides is 1. The van der Waals surface area contributed by atoms with Crippen LogP contribution in [0.4, 0.5) is 0 Å². The molecule has 0 spiro atoms. The van der Waals surface area contributed by atoms with Gasteiger partial charge in [0, 0.05) is 29.8 Å². The molecule has 1 aliphatic rings. The van der Waals surface area contributed by atoms with Crippen LogP contribution < -0.4 is 5.32 Å². The lowest BCUT2D eigenvalue weighted by Crippen LogP contribution is -2.34. The van der Waals surface area contributed by atoms with Crippen molar-refractivity contribution in [2.45, 2.75) is 26.1 Å². The summed E-state index contributed by atoms with van der Waals surface area (Å²) in [5.41, 5.74) is 0.547. The van der Waals surface area contributed by atoms with Gasteiger partial charge in [0.05, 0.1) is 18.8 Å². The number of halogens is 1. The van der Waals surface area contributed by atoms with E-state index in [1.165, 1.54) is 0 Å². The van der Waals surface area contributed by atoms with Crippen molar-refractivity contribution in [3.05, 3.63) is 28.5 Å². The fourth-order valence-electron chi connectivity index (χ4n) is 2.28. The average molecular weight is 343 g/mol. The molecule has 110 valence electrons. The third-order valence-corrected chi connectivity index (χ3v) is 3.63. The molecule has 0 saturated carbocycles. The minimum Gasteiger partial charge on any atom is -0.352 e. The summed E-state index contributed by atoms with van der Waals surface area (Å²) < 4.78 is 11.9. The Labute approximate surface area is 127 Å². The van der Waals surface area contributed by atoms with Gasteiger partial charge in [-0.05, 0) is 34.8 Å². The lowest BCUT2D eigenvalue weighted by molar-refractivity contribution is -0.153. The molecule has 1 aromatic rings. The Balaban J connectivity index is 1.81. The number of carbonyl (C=O) groups is 1. The van der Waals surface area contributed by atoms with E-state index in [1.807, 2.05) is 6.92 Å². The molecule has 1 aromatic heterocycles. The van der Waals surface area contributed by atoms with Crippen molar-refractivity contribution < 1.29 is 14.3 Å². The molecule has 0 radical (unpaired) electrons. The van der Waals surface area contributed by atoms with Crippen LogP contribution in [-0.4, -0.2) is 36.4 Å². The van der Waals surface area contributed by atoms with E-state index in [-0.39, 0.29) is 11.8 Å². The van der Waals surface area contributed by atoms with Gasteiger partial charge >= 0.3 is 0 Å². The Bertz CT molecular complexity index is 475. The first-order chi connectivity index (χ1) is 9.48. The van der Waals surface area contributed by atoms with Crippen LogP contribution in [0.1, 0.15) is 30.6 Å². The highest BCUT2D eigenvalue weighted by atomic mass is 79.9. The lowest BCUT2D eigenvalue weighted by atomic mass is 10.0. The number of pyridine rings is 1. The van der Waals surface area contributed by atoms with Crippen molar-refractivity contribution in [3.63, 3.8) is 0 Å². The topological polar surface area (TPSA) is 60.5 Å². The second-order valence-corrected chi connectivity index (χ2v) is 6.16. The predicted octanol–water partition coefficient (Wildman–Crippen LogP) is 2.36. The van der Waals surface area contributed by atoms with Crippen LogP contribution >= 0.6 is 15.9 Å². The van der Waals surface area contributed by atoms with Gasteiger partial charge in [0.25, 0.3) is 5.91 Å². The Kier molecular flexibility index (Phi) is 5.12. The van der Waals surface area contributed by atoms with Crippen molar-refractivity contribution in [1.82, 2.24) is 10.3 Å². The number of hydrogen-bond acceptors (Lipinski definition) is 4. The molecule has 6 heteroatoms. The first-order valence-electron chi connectivity index (χ1n) is 6.65. The van der Waals surface area contributed by atoms with E-state index in [1.54, 1.807) is 18.5 Å². The van der Waals surface area contributed by atoms with Crippen molar-refractivity contribution in [3.8, 4) is 0 Å². The van der Waals surface area contributed by atoms with Gasteiger partial charge < -0.3 is 14.8 Å². The zero-order chi connectivity index (χ0) is 14.6. The van der Waals surface area contributed by atoms with Crippen LogP contribution in [0, 0.1) is 5.92 Å². The molecule has 1 amide bonds. The molecule has 0 bridgehead atoms. The maximum atomic E-state index is 12.0. The molecule has 0 aliphatic carbocycles. The quantitative estimate of drug-likeness (QED) is 0.892. The van der Waals surface area contributed by atoms with Gasteiger partial charge in [-0.3, -0.25) is 9.78 Å². The van der Waals surface area contributed by atoms with E-state index >= 15 is 0 Å². The molecule has 1 N–H and O–H groups in total. The number of hydrogen-bond donors (Lipinski definition) is 1. The molecular formula is C14H19BrN2O3. The van der Waals surface area contributed by atoms with Crippen LogP contribution in [0.15, 0.2) is 22.9 Å². The van der Waals surface area contributed by atoms with E-state index in [9.17, 15) is 4.79 Å². The van der Waals surface area contributed by atoms with Gasteiger partial charge in [-0.1, -0.05) is 6.92 Å². The summed E-state index contributed by atoms with van der Waals surface area (Å²) in [6.45, 7) is 5.86. The molecule has 2 heterocycles. The number of nitrogens with one attached hydrogen (secondary N) is 1. The maximum Gasteiger partial charge on any atom is 0.252 e. The third-order valence-electron chi connectivity index (χ3n) is 3.20. The van der Waals surface area contributed by atoms with Gasteiger partial charge in [0.2, 0.25) is 0 Å². The smallest absolute Gasteiger partial charge is 0.252 e. The third kappa shape index (κ3) is 4.26. The summed E-state index contributed by atoms with van der Waals surface area (Å²) in [6, 6.07) is 1.75. The zero-order valence-electron chi connectivity index (χ0n) is 11.7. The van der Waals surface area contributed by atoms with Crippen LogP contribution in [0.25, 0.3) is 0 Å². The van der Waals surface area contributed by atoms with Crippen LogP contribution in [0.2, 0.25) is 0 Å². The molecule has 1 fully saturated rings. The molecule has 5 nitrogen and oxygen atoms in total. The SMILES string of the molecule is C[C@@H](CNC(=O)c1cncc(Br)c1)CC1(C)OCCO1. The Morgan fingerprint density at radius 3 is 2.85 bits per heavy atom. The summed E-state index contributed by atoms with van der Waals surface area (Å²) in [7, 11) is 0. The van der Waals surface area contributed by atoms with E-state index in [2.05, 4.69) is 33.2 Å². The summed E-state index contributed by atoms with van der Waals surface area (Å²) >= 11 is 3.30. The molecule has 1 saturated heterocycles. The monoisotopic (exact) mass is 342 g/mol. The summed E-state index contributed by atoms with van der Waals surface area (Å²) in [4.78, 5) is 16.0. The van der Waals surface area contributed by atoms with E-state index in [0.717, 1.165) is 10.9 Å². The summed E-state index contributed by atoms with van der Waals surface area (Å²) in [6.07, 6.45) is 3.95. The second kappa shape index (κ2) is 6.65. The number of rotatable bonds is 5. The van der Waals surface area contributed by atoms with E-state index < -0.39 is 5.79 Å². The van der Waals surface area contributed by atoms with Crippen molar-refractivity contribution in [2.75, 3.05) is 19.8 Å². The van der Waals surface area contributed by atoms with Crippen molar-refractivity contribution in [1.29, 1.82) is 0 Å². The Morgan fingerprint density at radius 1 is 1.50 bits per heavy atom. The number of nitrogens with zero attached hydrogens (tertiary/aromatic N) is 1. The molecule has 20 heavy (non-hydrogen) atoms. The average Bonchev–Trinajstić information content (AvgIpc) is 2.82. The number of carbonyl (C=O) groups excluding carboxylic acids is 1. The lowest BCUT2D eigenvalue weighted by Gasteiger charge is -2.26. The van der Waals surface area contributed by atoms with E-state index in [4.69, 9.17) is 9.47 Å². The molecule has 2 rings (SSSR count). The summed E-state index contributed by atoms with van der Waals surface area (Å²) in [5, 5.41) is 2.91. The van der Waals surface area contributed by atoms with Gasteiger partial charge in [-0.2, -0.15) is 0 Å². The van der Waals surface area contributed by atoms with Crippen LogP contribution in [0.5, 0.6) is 0 Å². The minimum absolute atomic E-state index is 0.121. The van der Waals surface area contributed by atoms with Gasteiger partial charge in [0.15, 0.2) is 5.79 Å². The zero-order valence-corrected chi connectivity index (χ0v) is 13.3. The fourth-order valence-corrected chi connectivity index (χ4v) is 2.65. The molecule has 1 aliphatic heterocycles. The number of ether oxygens (including phenoxy) is 2. The largest absolute Gasteiger partial charge is 0.352 e. The van der Waals surface area contributed by atoms with Crippen molar-refractivity contribution >= 4 is 21.8 Å². The second-order valence-electron chi connectivity index (χ2n) is 5.24. The Morgan fingerprint density at radius 2 is 2.20 bits per heavy atom. The highest BCUT2D eigenvalue weighted by Gasteiger charge is 2.32. The fraction of sp³-hybridized carbons (Fsp3) is 0.571. The van der Waals surface area contributed by atoms with Gasteiger partial charge in [-0.15, -0.1) is 0 Å². The first kappa shape index (κ1) is 15.4. The standard InChI is InChI=1S/C14H19BrN2O3/c1-10(6-14(2)19-3-4-20-14)7-17-13(18)11-5-12(15)9-16-8-11/h5,8-10H,3-4,6-7H2,1-2H3,(H,17,18)/t10-/m1/s1. The molecule has 1 atom stereocenters. The predicted molar refractivity (Wildman–Crippen MR) is 78.4 cm³/mol. The Hall–Kier alpha value is -0.980. The van der Waals surface area contributed by atoms with Crippen LogP contribution in [-0.2, 0) is 9.47 Å². The highest BCUT2D eigenvalue weighted by molar-refractivity contribution is 9.10. The normalized spacial score (nSPS) is 18.8. The maximum absolute atomic E-state index is 12.0. The van der Waals surface area contributed by atoms with Crippen molar-refractivity contribution in [2.24, 2.45) is 5.92 Å². The molecule has 0 aromatic carbocycles. The first-order valence-corrected chi connectivity index (χ1v) is 7.44. The van der Waals surface area contributed by atoms with Crippen LogP contribution in [0.3, 0.4) is 0 Å². The molecular weight excluding hydrogens is 324 g/mol. The van der Waals surface area contributed by atoms with Gasteiger partial charge in [-0.25, -0.2) is 0 Å². The van der Waals surface area contributed by atoms with E-state index in [0.29, 0.717) is 25.3 Å². The minimum atomic E-state index is -0.512. The molecule has 0 unspecified atom stereocenters.